The number of hydrogen-bond acceptors (Lipinski definition) is 6. The van der Waals surface area contributed by atoms with Crippen molar-refractivity contribution in [3.05, 3.63) is 10.9 Å². The Labute approximate surface area is 149 Å². The second kappa shape index (κ2) is 6.93. The van der Waals surface area contributed by atoms with E-state index in [0.29, 0.717) is 24.1 Å². The van der Waals surface area contributed by atoms with Gasteiger partial charge in [0.25, 0.3) is 0 Å². The molecule has 0 aromatic carbocycles. The van der Waals surface area contributed by atoms with Gasteiger partial charge in [-0.05, 0) is 35.2 Å². The summed E-state index contributed by atoms with van der Waals surface area (Å²) in [4.78, 5) is 8.59. The second-order valence-electron chi connectivity index (χ2n) is 5.97. The van der Waals surface area contributed by atoms with Crippen molar-refractivity contribution < 1.29 is 8.42 Å². The number of halogens is 1. The van der Waals surface area contributed by atoms with Gasteiger partial charge in [0, 0.05) is 26.2 Å². The van der Waals surface area contributed by atoms with Crippen LogP contribution in [0, 0.1) is 0 Å². The van der Waals surface area contributed by atoms with Crippen LogP contribution < -0.4 is 5.32 Å². The monoisotopic (exact) mass is 416 g/mol. The van der Waals surface area contributed by atoms with Gasteiger partial charge < -0.3 is 5.32 Å². The van der Waals surface area contributed by atoms with Crippen LogP contribution in [0.4, 0.5) is 5.82 Å². The van der Waals surface area contributed by atoms with Crippen molar-refractivity contribution in [2.45, 2.75) is 32.2 Å². The minimum atomic E-state index is -3.11. The van der Waals surface area contributed by atoms with Crippen LogP contribution in [0.25, 0.3) is 11.0 Å². The Balaban J connectivity index is 1.71. The Morgan fingerprint density at radius 1 is 1.33 bits per heavy atom. The van der Waals surface area contributed by atoms with Gasteiger partial charge in [-0.1, -0.05) is 6.92 Å². The van der Waals surface area contributed by atoms with E-state index in [1.807, 2.05) is 14.0 Å². The lowest BCUT2D eigenvalue weighted by molar-refractivity contribution is 0.329. The van der Waals surface area contributed by atoms with Crippen LogP contribution in [-0.4, -0.2) is 57.4 Å². The summed E-state index contributed by atoms with van der Waals surface area (Å²) in [6.07, 6.45) is 3.67. The molecule has 1 aliphatic rings. The minimum absolute atomic E-state index is 0.184. The molecule has 10 heteroatoms. The molecule has 0 unspecified atom stereocenters. The summed E-state index contributed by atoms with van der Waals surface area (Å²) in [7, 11) is -1.27. The smallest absolute Gasteiger partial charge is 0.214 e. The maximum absolute atomic E-state index is 12.1. The summed E-state index contributed by atoms with van der Waals surface area (Å²) in [5.74, 6) is 0.954. The highest BCUT2D eigenvalue weighted by molar-refractivity contribution is 9.10. The Bertz CT molecular complexity index is 829. The zero-order valence-corrected chi connectivity index (χ0v) is 16.1. The van der Waals surface area contributed by atoms with Gasteiger partial charge in [-0.15, -0.1) is 0 Å². The SMILES string of the molecule is CCCS(=O)(=O)N1CCC(Nc2ncnc3c2c(Br)nn3C)CC1. The molecule has 132 valence electrons. The second-order valence-corrected chi connectivity index (χ2v) is 8.81. The van der Waals surface area contributed by atoms with E-state index >= 15 is 0 Å². The van der Waals surface area contributed by atoms with Crippen molar-refractivity contribution >= 4 is 42.8 Å². The molecule has 1 fully saturated rings. The van der Waals surface area contributed by atoms with Crippen LogP contribution >= 0.6 is 15.9 Å². The molecule has 0 spiro atoms. The highest BCUT2D eigenvalue weighted by Crippen LogP contribution is 2.28. The lowest BCUT2D eigenvalue weighted by Gasteiger charge is -2.31. The summed E-state index contributed by atoms with van der Waals surface area (Å²) >= 11 is 3.45. The van der Waals surface area contributed by atoms with Crippen LogP contribution in [-0.2, 0) is 17.1 Å². The molecule has 0 radical (unpaired) electrons. The number of aryl methyl sites for hydroxylation is 1. The Kier molecular flexibility index (Phi) is 5.07. The quantitative estimate of drug-likeness (QED) is 0.797. The van der Waals surface area contributed by atoms with E-state index < -0.39 is 10.0 Å². The molecule has 1 aliphatic heterocycles. The van der Waals surface area contributed by atoms with Crippen molar-refractivity contribution in [1.82, 2.24) is 24.1 Å². The van der Waals surface area contributed by atoms with Crippen molar-refractivity contribution in [2.24, 2.45) is 7.05 Å². The van der Waals surface area contributed by atoms with Crippen LogP contribution in [0.3, 0.4) is 0 Å². The molecule has 0 aliphatic carbocycles. The number of anilines is 1. The predicted octanol–water partition coefficient (Wildman–Crippen LogP) is 1.74. The molecule has 2 aromatic rings. The lowest BCUT2D eigenvalue weighted by Crippen LogP contribution is -2.43. The van der Waals surface area contributed by atoms with Gasteiger partial charge in [-0.25, -0.2) is 27.4 Å². The number of nitrogens with one attached hydrogen (secondary N) is 1. The molecule has 0 amide bonds. The number of rotatable bonds is 5. The fourth-order valence-electron chi connectivity index (χ4n) is 3.01. The molecule has 3 rings (SSSR count). The summed E-state index contributed by atoms with van der Waals surface area (Å²) in [5, 5.41) is 8.59. The number of fused-ring (bicyclic) bond motifs is 1. The maximum Gasteiger partial charge on any atom is 0.214 e. The summed E-state index contributed by atoms with van der Waals surface area (Å²) in [6, 6.07) is 0.184. The number of sulfonamides is 1. The van der Waals surface area contributed by atoms with Crippen LogP contribution in [0.15, 0.2) is 10.9 Å². The fourth-order valence-corrected chi connectivity index (χ4v) is 5.15. The first-order valence-electron chi connectivity index (χ1n) is 8.00. The van der Waals surface area contributed by atoms with Gasteiger partial charge >= 0.3 is 0 Å². The first kappa shape index (κ1) is 17.6. The molecule has 0 atom stereocenters. The molecule has 0 bridgehead atoms. The highest BCUT2D eigenvalue weighted by atomic mass is 79.9. The van der Waals surface area contributed by atoms with E-state index in [9.17, 15) is 8.42 Å². The lowest BCUT2D eigenvalue weighted by atomic mass is 10.1. The van der Waals surface area contributed by atoms with E-state index in [1.165, 1.54) is 6.33 Å². The molecule has 0 saturated carbocycles. The van der Waals surface area contributed by atoms with Crippen molar-refractivity contribution in [3.63, 3.8) is 0 Å². The van der Waals surface area contributed by atoms with Gasteiger partial charge in [0.15, 0.2) is 5.65 Å². The highest BCUT2D eigenvalue weighted by Gasteiger charge is 2.28. The van der Waals surface area contributed by atoms with E-state index in [-0.39, 0.29) is 11.8 Å². The largest absolute Gasteiger partial charge is 0.366 e. The van der Waals surface area contributed by atoms with Gasteiger partial charge in [0.05, 0.1) is 11.1 Å². The summed E-state index contributed by atoms with van der Waals surface area (Å²) in [6.45, 7) is 2.98. The first-order valence-corrected chi connectivity index (χ1v) is 10.4. The molecular weight excluding hydrogens is 396 g/mol. The number of aromatic nitrogens is 4. The Hall–Kier alpha value is -1.26. The van der Waals surface area contributed by atoms with E-state index in [1.54, 1.807) is 8.99 Å². The maximum atomic E-state index is 12.1. The summed E-state index contributed by atoms with van der Waals surface area (Å²) < 4.78 is 28.3. The zero-order chi connectivity index (χ0) is 17.3. The molecule has 1 N–H and O–H groups in total. The number of nitrogens with zero attached hydrogens (tertiary/aromatic N) is 5. The average molecular weight is 417 g/mol. The first-order chi connectivity index (χ1) is 11.4. The van der Waals surface area contributed by atoms with Crippen LogP contribution in [0.2, 0.25) is 0 Å². The third-order valence-corrected chi connectivity index (χ3v) is 6.86. The predicted molar refractivity (Wildman–Crippen MR) is 96.3 cm³/mol. The minimum Gasteiger partial charge on any atom is -0.366 e. The van der Waals surface area contributed by atoms with Crippen molar-refractivity contribution in [2.75, 3.05) is 24.2 Å². The van der Waals surface area contributed by atoms with Crippen LogP contribution in [0.5, 0.6) is 0 Å². The average Bonchev–Trinajstić information content (AvgIpc) is 2.83. The van der Waals surface area contributed by atoms with E-state index in [0.717, 1.165) is 29.7 Å². The van der Waals surface area contributed by atoms with E-state index in [4.69, 9.17) is 0 Å². The van der Waals surface area contributed by atoms with Gasteiger partial charge in [0.2, 0.25) is 10.0 Å². The van der Waals surface area contributed by atoms with Crippen molar-refractivity contribution in [3.8, 4) is 0 Å². The molecule has 1 saturated heterocycles. The Morgan fingerprint density at radius 3 is 2.71 bits per heavy atom. The number of piperidine rings is 1. The normalized spacial score (nSPS) is 17.5. The van der Waals surface area contributed by atoms with Gasteiger partial charge in [0.1, 0.15) is 16.7 Å². The summed E-state index contributed by atoms with van der Waals surface area (Å²) in [5.41, 5.74) is 0.752. The topological polar surface area (TPSA) is 93.0 Å². The number of hydrogen-bond donors (Lipinski definition) is 1. The molecular formula is C14H21BrN6O2S. The van der Waals surface area contributed by atoms with Gasteiger partial charge in [-0.2, -0.15) is 5.10 Å². The fraction of sp³-hybridized carbons (Fsp3) is 0.643. The molecule has 2 aromatic heterocycles. The zero-order valence-electron chi connectivity index (χ0n) is 13.7. The third kappa shape index (κ3) is 3.40. The molecule has 3 heterocycles. The third-order valence-electron chi connectivity index (χ3n) is 4.23. The van der Waals surface area contributed by atoms with Crippen molar-refractivity contribution in [1.29, 1.82) is 0 Å². The van der Waals surface area contributed by atoms with Crippen LogP contribution in [0.1, 0.15) is 26.2 Å². The van der Waals surface area contributed by atoms with E-state index in [2.05, 4.69) is 36.3 Å². The Morgan fingerprint density at radius 2 is 2.04 bits per heavy atom. The van der Waals surface area contributed by atoms with Gasteiger partial charge in [-0.3, -0.25) is 0 Å². The molecule has 24 heavy (non-hydrogen) atoms. The molecule has 8 nitrogen and oxygen atoms in total. The standard InChI is InChI=1S/C14H21BrN6O2S/c1-3-8-24(22,23)21-6-4-10(5-7-21)18-13-11-12(15)19-20(2)14(11)17-9-16-13/h9-10H,3-8H2,1-2H3,(H,16,17,18).